The molecule has 5 atom stereocenters. The molecule has 35 heavy (non-hydrogen) atoms. The number of esters is 4. The molecular formula is C24H27BrO10. The van der Waals surface area contributed by atoms with Crippen molar-refractivity contribution in [3.05, 3.63) is 40.4 Å². The number of allylic oxidation sites excluding steroid dienone is 1. The van der Waals surface area contributed by atoms with Crippen LogP contribution in [0.5, 0.6) is 0 Å². The maximum atomic E-state index is 12.7. The highest BCUT2D eigenvalue weighted by Gasteiger charge is 2.52. The van der Waals surface area contributed by atoms with Gasteiger partial charge in [0.1, 0.15) is 18.8 Å². The topological polar surface area (TPSA) is 132 Å². The highest BCUT2D eigenvalue weighted by Crippen LogP contribution is 2.31. The molecule has 1 heterocycles. The summed E-state index contributed by atoms with van der Waals surface area (Å²) in [6.07, 6.45) is -3.30. The Hall–Kier alpha value is -3.05. The Labute approximate surface area is 211 Å². The Morgan fingerprint density at radius 1 is 0.800 bits per heavy atom. The summed E-state index contributed by atoms with van der Waals surface area (Å²) in [5.41, 5.74) is 0.781. The van der Waals surface area contributed by atoms with Crippen LogP contribution >= 0.6 is 15.9 Å². The lowest BCUT2D eigenvalue weighted by Gasteiger charge is -2.44. The molecule has 1 aromatic carbocycles. The predicted octanol–water partition coefficient (Wildman–Crippen LogP) is 2.55. The Morgan fingerprint density at radius 2 is 1.31 bits per heavy atom. The Balaban J connectivity index is 2.35. The summed E-state index contributed by atoms with van der Waals surface area (Å²) >= 11 is 3.34. The molecule has 0 bridgehead atoms. The van der Waals surface area contributed by atoms with Gasteiger partial charge < -0.3 is 23.7 Å². The first-order valence-electron chi connectivity index (χ1n) is 10.7. The zero-order valence-corrected chi connectivity index (χ0v) is 21.3. The number of hydrogen-bond donors (Lipinski definition) is 0. The maximum Gasteiger partial charge on any atom is 0.303 e. The van der Waals surface area contributed by atoms with Crippen molar-refractivity contribution in [1.82, 2.24) is 0 Å². The van der Waals surface area contributed by atoms with Crippen LogP contribution in [0.25, 0.3) is 6.08 Å². The summed E-state index contributed by atoms with van der Waals surface area (Å²) in [5.74, 6) is -3.17. The van der Waals surface area contributed by atoms with Gasteiger partial charge in [0.05, 0.1) is 0 Å². The number of hydrogen-bond acceptors (Lipinski definition) is 10. The van der Waals surface area contributed by atoms with E-state index in [9.17, 15) is 24.0 Å². The predicted molar refractivity (Wildman–Crippen MR) is 125 cm³/mol. The Morgan fingerprint density at radius 3 is 1.83 bits per heavy atom. The average Bonchev–Trinajstić information content (AvgIpc) is 2.75. The number of rotatable bonds is 9. The van der Waals surface area contributed by atoms with Gasteiger partial charge in [0.15, 0.2) is 24.1 Å². The summed E-state index contributed by atoms with van der Waals surface area (Å²) in [7, 11) is 0. The number of ketones is 1. The summed E-state index contributed by atoms with van der Waals surface area (Å²) < 4.78 is 27.9. The van der Waals surface area contributed by atoms with Crippen LogP contribution in [0.2, 0.25) is 0 Å². The summed E-state index contributed by atoms with van der Waals surface area (Å²) in [5, 5.41) is 0. The standard InChI is InChI=1S/C24H27BrO10/c1-13(26)31-12-21-23(33-15(3)28)24(34-16(4)29)22(32-14(2)27)20(35-21)11-19(30)10-7-17-5-8-18(25)9-6-17/h5-10,20-24H,11-12H2,1-4H3/b10-7+/t20-,21+,22-,23+,24+/m0/s1. The quantitative estimate of drug-likeness (QED) is 0.255. The van der Waals surface area contributed by atoms with Gasteiger partial charge in [-0.3, -0.25) is 24.0 Å². The lowest BCUT2D eigenvalue weighted by molar-refractivity contribution is -0.252. The summed E-state index contributed by atoms with van der Waals surface area (Å²) in [4.78, 5) is 59.6. The number of ether oxygens (including phenoxy) is 5. The fourth-order valence-corrected chi connectivity index (χ4v) is 3.78. The average molecular weight is 555 g/mol. The number of carbonyl (C=O) groups excluding carboxylic acids is 5. The molecule has 0 aromatic heterocycles. The van der Waals surface area contributed by atoms with Gasteiger partial charge in [-0.15, -0.1) is 0 Å². The summed E-state index contributed by atoms with van der Waals surface area (Å²) in [6.45, 7) is 4.24. The van der Waals surface area contributed by atoms with E-state index in [0.717, 1.165) is 30.8 Å². The van der Waals surface area contributed by atoms with Crippen molar-refractivity contribution in [1.29, 1.82) is 0 Å². The van der Waals surface area contributed by atoms with Crippen molar-refractivity contribution in [2.45, 2.75) is 64.6 Å². The van der Waals surface area contributed by atoms with Gasteiger partial charge in [-0.2, -0.15) is 0 Å². The smallest absolute Gasteiger partial charge is 0.303 e. The molecule has 190 valence electrons. The van der Waals surface area contributed by atoms with Gasteiger partial charge in [0.2, 0.25) is 0 Å². The molecule has 0 unspecified atom stereocenters. The second kappa shape index (κ2) is 13.1. The van der Waals surface area contributed by atoms with Crippen molar-refractivity contribution < 1.29 is 47.7 Å². The first-order chi connectivity index (χ1) is 16.5. The molecule has 0 aliphatic carbocycles. The van der Waals surface area contributed by atoms with E-state index in [-0.39, 0.29) is 18.8 Å². The highest BCUT2D eigenvalue weighted by atomic mass is 79.9. The number of halogens is 1. The molecule has 0 amide bonds. The van der Waals surface area contributed by atoms with Crippen LogP contribution in [0.3, 0.4) is 0 Å². The molecule has 1 aliphatic heterocycles. The largest absolute Gasteiger partial charge is 0.463 e. The molecule has 0 N–H and O–H groups in total. The van der Waals surface area contributed by atoms with Gasteiger partial charge in [-0.05, 0) is 23.8 Å². The fourth-order valence-electron chi connectivity index (χ4n) is 3.51. The van der Waals surface area contributed by atoms with Crippen LogP contribution in [0.1, 0.15) is 39.7 Å². The van der Waals surface area contributed by atoms with Gasteiger partial charge in [0.25, 0.3) is 0 Å². The minimum Gasteiger partial charge on any atom is -0.463 e. The molecule has 0 saturated carbocycles. The van der Waals surface area contributed by atoms with Gasteiger partial charge in [0, 0.05) is 38.6 Å². The van der Waals surface area contributed by atoms with E-state index in [1.54, 1.807) is 6.08 Å². The zero-order valence-electron chi connectivity index (χ0n) is 19.7. The monoisotopic (exact) mass is 554 g/mol. The van der Waals surface area contributed by atoms with Crippen LogP contribution in [-0.2, 0) is 47.7 Å². The van der Waals surface area contributed by atoms with E-state index >= 15 is 0 Å². The molecule has 1 fully saturated rings. The van der Waals surface area contributed by atoms with E-state index in [1.165, 1.54) is 13.0 Å². The van der Waals surface area contributed by atoms with Crippen molar-refractivity contribution in [2.75, 3.05) is 6.61 Å². The first kappa shape index (κ1) is 28.2. The van der Waals surface area contributed by atoms with Crippen molar-refractivity contribution in [2.24, 2.45) is 0 Å². The Kier molecular flexibility index (Phi) is 10.6. The van der Waals surface area contributed by atoms with E-state index < -0.39 is 54.4 Å². The molecule has 1 aliphatic rings. The third-order valence-corrected chi connectivity index (χ3v) is 5.35. The van der Waals surface area contributed by atoms with Crippen molar-refractivity contribution >= 4 is 51.7 Å². The van der Waals surface area contributed by atoms with Crippen molar-refractivity contribution in [3.63, 3.8) is 0 Å². The lowest BCUT2D eigenvalue weighted by Crippen LogP contribution is -2.62. The SMILES string of the molecule is CC(=O)OC[C@H]1O[C@@H](CC(=O)/C=C/c2ccc(Br)cc2)[C@H](OC(C)=O)[C@@H](OC(C)=O)[C@@H]1OC(C)=O. The van der Waals surface area contributed by atoms with E-state index in [1.807, 2.05) is 24.3 Å². The maximum absolute atomic E-state index is 12.7. The first-order valence-corrected chi connectivity index (χ1v) is 11.5. The molecule has 0 radical (unpaired) electrons. The third kappa shape index (κ3) is 9.25. The minimum absolute atomic E-state index is 0.258. The molecule has 11 heteroatoms. The van der Waals surface area contributed by atoms with E-state index in [2.05, 4.69) is 15.9 Å². The van der Waals surface area contributed by atoms with E-state index in [0.29, 0.717) is 0 Å². The highest BCUT2D eigenvalue weighted by molar-refractivity contribution is 9.10. The van der Waals surface area contributed by atoms with Gasteiger partial charge in [-0.25, -0.2) is 0 Å². The lowest BCUT2D eigenvalue weighted by atomic mass is 9.91. The molecule has 1 aromatic rings. The number of carbonyl (C=O) groups is 5. The second-order valence-electron chi connectivity index (χ2n) is 7.79. The fraction of sp³-hybridized carbons (Fsp3) is 0.458. The molecule has 10 nitrogen and oxygen atoms in total. The van der Waals surface area contributed by atoms with Gasteiger partial charge >= 0.3 is 23.9 Å². The Bertz CT molecular complexity index is 971. The summed E-state index contributed by atoms with van der Waals surface area (Å²) in [6, 6.07) is 7.26. The van der Waals surface area contributed by atoms with Crippen LogP contribution < -0.4 is 0 Å². The van der Waals surface area contributed by atoms with Crippen LogP contribution in [0.4, 0.5) is 0 Å². The second-order valence-corrected chi connectivity index (χ2v) is 8.71. The van der Waals surface area contributed by atoms with Crippen LogP contribution in [0, 0.1) is 0 Å². The zero-order chi connectivity index (χ0) is 26.1. The normalized spacial score (nSPS) is 23.9. The molecular weight excluding hydrogens is 528 g/mol. The molecule has 0 spiro atoms. The van der Waals surface area contributed by atoms with Crippen molar-refractivity contribution in [3.8, 4) is 0 Å². The molecule has 2 rings (SSSR count). The van der Waals surface area contributed by atoms with Crippen LogP contribution in [-0.4, -0.2) is 66.8 Å². The van der Waals surface area contributed by atoms with Crippen LogP contribution in [0.15, 0.2) is 34.8 Å². The third-order valence-electron chi connectivity index (χ3n) is 4.82. The number of benzene rings is 1. The van der Waals surface area contributed by atoms with E-state index in [4.69, 9.17) is 23.7 Å². The molecule has 1 saturated heterocycles. The van der Waals surface area contributed by atoms with Gasteiger partial charge in [-0.1, -0.05) is 34.1 Å². The minimum atomic E-state index is -1.30.